The smallest absolute Gasteiger partial charge is 0.264 e. The van der Waals surface area contributed by atoms with Crippen molar-refractivity contribution < 1.29 is 28.7 Å². The fraction of sp³-hybridized carbons (Fsp3) is 0.385. The molecule has 36 heavy (non-hydrogen) atoms. The van der Waals surface area contributed by atoms with Gasteiger partial charge in [0.05, 0.1) is 37.6 Å². The molecule has 0 unspecified atom stereocenters. The van der Waals surface area contributed by atoms with E-state index in [-0.39, 0.29) is 43.1 Å². The highest BCUT2D eigenvalue weighted by atomic mass is 16.5. The summed E-state index contributed by atoms with van der Waals surface area (Å²) in [7, 11) is 2.96. The average molecular weight is 493 g/mol. The van der Waals surface area contributed by atoms with Gasteiger partial charge in [0.15, 0.2) is 11.5 Å². The first-order valence-electron chi connectivity index (χ1n) is 12.0. The molecule has 0 aromatic heterocycles. The predicted octanol–water partition coefficient (Wildman–Crippen LogP) is 1.95. The number of benzene rings is 2. The minimum absolute atomic E-state index is 0.0116. The molecule has 0 radical (unpaired) electrons. The molecule has 0 bridgehead atoms. The summed E-state index contributed by atoms with van der Waals surface area (Å²) in [6.07, 6.45) is 1.22. The van der Waals surface area contributed by atoms with Crippen molar-refractivity contribution >= 4 is 29.3 Å². The Morgan fingerprint density at radius 2 is 1.75 bits per heavy atom. The van der Waals surface area contributed by atoms with Crippen LogP contribution in [0.25, 0.3) is 0 Å². The third kappa shape index (κ3) is 3.82. The number of nitrogens with zero attached hydrogens (tertiary/aromatic N) is 3. The number of carbonyl (C=O) groups is 4. The third-order valence-electron chi connectivity index (χ3n) is 6.96. The number of nitrogens with one attached hydrogen (secondary N) is 1. The molecule has 5 rings (SSSR count). The van der Waals surface area contributed by atoms with Crippen LogP contribution in [-0.2, 0) is 9.59 Å². The Balaban J connectivity index is 1.41. The van der Waals surface area contributed by atoms with Crippen LogP contribution in [-0.4, -0.2) is 73.8 Å². The van der Waals surface area contributed by atoms with Crippen LogP contribution < -0.4 is 19.7 Å². The maximum Gasteiger partial charge on any atom is 0.264 e. The zero-order valence-corrected chi connectivity index (χ0v) is 20.3. The summed E-state index contributed by atoms with van der Waals surface area (Å²) in [4.78, 5) is 56.9. The molecule has 2 aromatic rings. The fourth-order valence-electron chi connectivity index (χ4n) is 5.21. The summed E-state index contributed by atoms with van der Waals surface area (Å²) in [5.74, 6) is -0.307. The van der Waals surface area contributed by atoms with E-state index in [1.165, 1.54) is 19.1 Å². The zero-order chi connectivity index (χ0) is 25.4. The first-order chi connectivity index (χ1) is 17.5. The van der Waals surface area contributed by atoms with Crippen molar-refractivity contribution in [2.24, 2.45) is 0 Å². The highest BCUT2D eigenvalue weighted by molar-refractivity contribution is 6.18. The van der Waals surface area contributed by atoms with Crippen molar-refractivity contribution in [3.8, 4) is 11.5 Å². The SMILES string of the molecule is COc1ccc2c(c1OC)C(=O)N1c3ccccc3C(=O)N(CCC(=O)NCC(=O)N3CCCC3)[C@H]21. The maximum absolute atomic E-state index is 13.7. The topological polar surface area (TPSA) is 108 Å². The molecule has 4 amide bonds. The molecule has 0 saturated carbocycles. The Kier molecular flexibility index (Phi) is 6.26. The molecule has 3 aliphatic heterocycles. The maximum atomic E-state index is 13.7. The van der Waals surface area contributed by atoms with E-state index < -0.39 is 6.17 Å². The van der Waals surface area contributed by atoms with E-state index in [2.05, 4.69) is 5.32 Å². The van der Waals surface area contributed by atoms with Gasteiger partial charge >= 0.3 is 0 Å². The molecule has 1 atom stereocenters. The first kappa shape index (κ1) is 23.7. The van der Waals surface area contributed by atoms with Gasteiger partial charge in [-0.2, -0.15) is 0 Å². The Morgan fingerprint density at radius 3 is 2.47 bits per heavy atom. The molecular formula is C26H28N4O6. The highest BCUT2D eigenvalue weighted by Crippen LogP contribution is 2.49. The second-order valence-corrected chi connectivity index (χ2v) is 8.94. The van der Waals surface area contributed by atoms with Crippen LogP contribution in [0, 0.1) is 0 Å². The van der Waals surface area contributed by atoms with Crippen LogP contribution in [0.5, 0.6) is 11.5 Å². The molecular weight excluding hydrogens is 464 g/mol. The summed E-state index contributed by atoms with van der Waals surface area (Å²) < 4.78 is 10.9. The highest BCUT2D eigenvalue weighted by Gasteiger charge is 2.49. The molecule has 1 N–H and O–H groups in total. The van der Waals surface area contributed by atoms with Crippen molar-refractivity contribution in [3.05, 3.63) is 53.1 Å². The van der Waals surface area contributed by atoms with Crippen molar-refractivity contribution in [1.29, 1.82) is 0 Å². The summed E-state index contributed by atoms with van der Waals surface area (Å²) in [6, 6.07) is 10.4. The number of likely N-dealkylation sites (tertiary alicyclic amines) is 1. The number of hydrogen-bond donors (Lipinski definition) is 1. The minimum atomic E-state index is -0.728. The summed E-state index contributed by atoms with van der Waals surface area (Å²) in [5.41, 5.74) is 1.82. The number of ether oxygens (including phenoxy) is 2. The second kappa shape index (κ2) is 9.52. The van der Waals surface area contributed by atoms with Gasteiger partial charge < -0.3 is 24.6 Å². The van der Waals surface area contributed by atoms with E-state index in [1.807, 2.05) is 0 Å². The molecule has 0 spiro atoms. The van der Waals surface area contributed by atoms with E-state index >= 15 is 0 Å². The molecule has 2 aromatic carbocycles. The molecule has 1 saturated heterocycles. The largest absolute Gasteiger partial charge is 0.493 e. The lowest BCUT2D eigenvalue weighted by atomic mass is 10.0. The van der Waals surface area contributed by atoms with Crippen LogP contribution in [0.4, 0.5) is 5.69 Å². The van der Waals surface area contributed by atoms with Gasteiger partial charge in [-0.05, 0) is 31.0 Å². The number of carbonyl (C=O) groups excluding carboxylic acids is 4. The van der Waals surface area contributed by atoms with E-state index in [9.17, 15) is 19.2 Å². The monoisotopic (exact) mass is 492 g/mol. The Bertz CT molecular complexity index is 1240. The molecule has 0 aliphatic carbocycles. The van der Waals surface area contributed by atoms with Crippen LogP contribution in [0.3, 0.4) is 0 Å². The lowest BCUT2D eigenvalue weighted by Gasteiger charge is -2.40. The van der Waals surface area contributed by atoms with Crippen molar-refractivity contribution in [3.63, 3.8) is 0 Å². The zero-order valence-electron chi connectivity index (χ0n) is 20.3. The number of amides is 4. The summed E-state index contributed by atoms with van der Waals surface area (Å²) >= 11 is 0. The Labute approximate surface area is 208 Å². The number of para-hydroxylation sites is 1. The molecule has 10 nitrogen and oxygen atoms in total. The van der Waals surface area contributed by atoms with Gasteiger partial charge in [-0.15, -0.1) is 0 Å². The summed E-state index contributed by atoms with van der Waals surface area (Å²) in [5, 5.41) is 2.67. The molecule has 3 aliphatic rings. The van der Waals surface area contributed by atoms with Gasteiger partial charge in [-0.25, -0.2) is 0 Å². The predicted molar refractivity (Wildman–Crippen MR) is 130 cm³/mol. The van der Waals surface area contributed by atoms with Gasteiger partial charge in [0.1, 0.15) is 6.17 Å². The van der Waals surface area contributed by atoms with Gasteiger partial charge in [0.2, 0.25) is 11.8 Å². The molecule has 3 heterocycles. The van der Waals surface area contributed by atoms with Crippen molar-refractivity contribution in [2.45, 2.75) is 25.4 Å². The van der Waals surface area contributed by atoms with E-state index in [1.54, 1.807) is 46.2 Å². The van der Waals surface area contributed by atoms with Gasteiger partial charge in [-0.1, -0.05) is 18.2 Å². The van der Waals surface area contributed by atoms with E-state index in [0.717, 1.165) is 25.9 Å². The lowest BCUT2D eigenvalue weighted by molar-refractivity contribution is -0.132. The van der Waals surface area contributed by atoms with Crippen molar-refractivity contribution in [2.75, 3.05) is 45.3 Å². The van der Waals surface area contributed by atoms with Crippen molar-refractivity contribution in [1.82, 2.24) is 15.1 Å². The van der Waals surface area contributed by atoms with Gasteiger partial charge in [0, 0.05) is 31.6 Å². The van der Waals surface area contributed by atoms with Gasteiger partial charge in [-0.3, -0.25) is 24.1 Å². The standard InChI is InChI=1S/C26H28N4O6/c1-35-19-10-9-17-22(23(19)36-2)26(34)30-18-8-4-3-7-16(18)25(33)29(24(17)30)14-11-20(31)27-15-21(32)28-12-5-6-13-28/h3-4,7-10,24H,5-6,11-15H2,1-2H3,(H,27,31)/t24-/m0/s1. The van der Waals surface area contributed by atoms with Crippen LogP contribution >= 0.6 is 0 Å². The summed E-state index contributed by atoms with van der Waals surface area (Å²) in [6.45, 7) is 1.44. The fourth-order valence-corrected chi connectivity index (χ4v) is 5.21. The van der Waals surface area contributed by atoms with E-state index in [4.69, 9.17) is 9.47 Å². The third-order valence-corrected chi connectivity index (χ3v) is 6.96. The molecule has 1 fully saturated rings. The number of fused-ring (bicyclic) bond motifs is 5. The normalized spacial score (nSPS) is 18.1. The first-order valence-corrected chi connectivity index (χ1v) is 12.0. The van der Waals surface area contributed by atoms with Crippen LogP contribution in [0.2, 0.25) is 0 Å². The second-order valence-electron chi connectivity index (χ2n) is 8.94. The number of methoxy groups -OCH3 is 2. The van der Waals surface area contributed by atoms with E-state index in [0.29, 0.717) is 33.9 Å². The van der Waals surface area contributed by atoms with Crippen LogP contribution in [0.15, 0.2) is 36.4 Å². The minimum Gasteiger partial charge on any atom is -0.493 e. The average Bonchev–Trinajstić information content (AvgIpc) is 3.54. The van der Waals surface area contributed by atoms with Gasteiger partial charge in [0.25, 0.3) is 11.8 Å². The molecule has 10 heteroatoms. The molecule has 188 valence electrons. The Morgan fingerprint density at radius 1 is 1.00 bits per heavy atom. The lowest BCUT2D eigenvalue weighted by Crippen LogP contribution is -2.49. The number of hydrogen-bond acceptors (Lipinski definition) is 6. The number of anilines is 1. The number of rotatable bonds is 7. The quantitative estimate of drug-likeness (QED) is 0.633. The Hall–Kier alpha value is -4.08. The van der Waals surface area contributed by atoms with Crippen LogP contribution in [0.1, 0.15) is 51.7 Å².